The van der Waals surface area contributed by atoms with Gasteiger partial charge in [0.1, 0.15) is 5.78 Å². The van der Waals surface area contributed by atoms with Crippen LogP contribution in [0.3, 0.4) is 0 Å². The van der Waals surface area contributed by atoms with Crippen molar-refractivity contribution in [3.63, 3.8) is 0 Å². The van der Waals surface area contributed by atoms with E-state index in [4.69, 9.17) is 4.74 Å². The molecule has 6 aliphatic rings. The first-order chi connectivity index (χ1) is 15.1. The van der Waals surface area contributed by atoms with E-state index < -0.39 is 0 Å². The van der Waals surface area contributed by atoms with E-state index in [0.717, 1.165) is 45.1 Å². The molecule has 0 aromatic rings. The molecule has 178 valence electrons. The van der Waals surface area contributed by atoms with Gasteiger partial charge in [-0.15, -0.1) is 0 Å². The highest BCUT2D eigenvalue weighted by atomic mass is 16.5. The molecule has 0 aromatic heterocycles. The van der Waals surface area contributed by atoms with Crippen LogP contribution in [0.1, 0.15) is 86.0 Å². The quantitative estimate of drug-likeness (QED) is 0.537. The van der Waals surface area contributed by atoms with Gasteiger partial charge in [-0.1, -0.05) is 33.3 Å². The number of carbonyl (C=O) groups excluding carboxylic acids is 1. The van der Waals surface area contributed by atoms with E-state index in [9.17, 15) is 9.90 Å². The lowest BCUT2D eigenvalue weighted by molar-refractivity contribution is -0.147. The van der Waals surface area contributed by atoms with E-state index in [-0.39, 0.29) is 28.5 Å². The minimum atomic E-state index is -0.289. The number of aliphatic hydroxyl groups is 1. The summed E-state index contributed by atoms with van der Waals surface area (Å²) in [6, 6.07) is 0.470. The number of aliphatic hydroxyl groups excluding tert-OH is 1. The van der Waals surface area contributed by atoms with Gasteiger partial charge in [0.15, 0.2) is 0 Å². The molecule has 1 spiro atoms. The van der Waals surface area contributed by atoms with Gasteiger partial charge in [-0.05, 0) is 92.6 Å². The van der Waals surface area contributed by atoms with E-state index in [1.807, 2.05) is 0 Å². The molecule has 2 N–H and O–H groups in total. The molecule has 0 amide bonds. The van der Waals surface area contributed by atoms with E-state index in [1.54, 1.807) is 5.57 Å². The Bertz CT molecular complexity index is 867. The first-order valence-corrected chi connectivity index (χ1v) is 13.4. The van der Waals surface area contributed by atoms with Gasteiger partial charge >= 0.3 is 0 Å². The lowest BCUT2D eigenvalue weighted by Crippen LogP contribution is -2.53. The van der Waals surface area contributed by atoms with Crippen LogP contribution in [0.5, 0.6) is 0 Å². The van der Waals surface area contributed by atoms with Gasteiger partial charge in [0.25, 0.3) is 0 Å². The third-order valence-corrected chi connectivity index (χ3v) is 11.9. The molecule has 4 heteroatoms. The minimum Gasteiger partial charge on any atom is -0.393 e. The summed E-state index contributed by atoms with van der Waals surface area (Å²) in [6.45, 7) is 13.1. The third-order valence-electron chi connectivity index (χ3n) is 11.9. The number of Topliss-reactive ketones (excluding diaryl/α,β-unsaturated/α-hetero) is 1. The first-order valence-electron chi connectivity index (χ1n) is 13.4. The minimum absolute atomic E-state index is 0.0488. The molecule has 32 heavy (non-hydrogen) atoms. The molecule has 0 aromatic carbocycles. The summed E-state index contributed by atoms with van der Waals surface area (Å²) in [4.78, 5) is 13.4. The third kappa shape index (κ3) is 2.64. The van der Waals surface area contributed by atoms with Crippen molar-refractivity contribution in [3.8, 4) is 0 Å². The van der Waals surface area contributed by atoms with Crippen molar-refractivity contribution in [2.24, 2.45) is 40.4 Å². The summed E-state index contributed by atoms with van der Waals surface area (Å²) in [6.07, 6.45) is 7.86. The zero-order valence-corrected chi connectivity index (χ0v) is 20.7. The molecular weight excluding hydrogens is 398 g/mol. The second-order valence-corrected chi connectivity index (χ2v) is 13.2. The number of fused-ring (bicyclic) bond motifs is 6. The lowest BCUT2D eigenvalue weighted by atomic mass is 9.50. The van der Waals surface area contributed by atoms with Crippen molar-refractivity contribution >= 4 is 5.78 Å². The maximum absolute atomic E-state index is 13.4. The van der Waals surface area contributed by atoms with Crippen molar-refractivity contribution in [1.82, 2.24) is 5.32 Å². The Hall–Kier alpha value is -0.710. The number of ether oxygens (including phenoxy) is 1. The van der Waals surface area contributed by atoms with Crippen LogP contribution >= 0.6 is 0 Å². The highest BCUT2D eigenvalue weighted by molar-refractivity contribution is 5.84. The number of nitrogens with one attached hydrogen (secondary N) is 1. The Balaban J connectivity index is 1.39. The van der Waals surface area contributed by atoms with Gasteiger partial charge in [-0.3, -0.25) is 4.79 Å². The van der Waals surface area contributed by atoms with Gasteiger partial charge in [-0.2, -0.15) is 0 Å². The Morgan fingerprint density at radius 1 is 1.06 bits per heavy atom. The molecule has 2 saturated heterocycles. The van der Waals surface area contributed by atoms with Crippen LogP contribution in [-0.4, -0.2) is 41.3 Å². The number of allylic oxidation sites excluding steroid dienone is 1. The topological polar surface area (TPSA) is 58.6 Å². The smallest absolute Gasteiger partial charge is 0.136 e. The van der Waals surface area contributed by atoms with Crippen LogP contribution in [0.25, 0.3) is 0 Å². The molecule has 4 nitrogen and oxygen atoms in total. The normalized spacial score (nSPS) is 57.2. The molecule has 2 heterocycles. The Labute approximate surface area is 193 Å². The number of carbonyl (C=O) groups is 1. The maximum Gasteiger partial charge on any atom is 0.136 e. The fourth-order valence-corrected chi connectivity index (χ4v) is 9.84. The van der Waals surface area contributed by atoms with Gasteiger partial charge < -0.3 is 15.2 Å². The van der Waals surface area contributed by atoms with Crippen molar-refractivity contribution in [1.29, 1.82) is 0 Å². The largest absolute Gasteiger partial charge is 0.393 e. The zero-order valence-electron chi connectivity index (χ0n) is 20.7. The molecule has 5 fully saturated rings. The fourth-order valence-electron chi connectivity index (χ4n) is 9.84. The highest BCUT2D eigenvalue weighted by Crippen LogP contribution is 2.70. The zero-order chi connectivity index (χ0) is 22.6. The number of rotatable bonds is 0. The average molecular weight is 442 g/mol. The molecule has 6 rings (SSSR count). The van der Waals surface area contributed by atoms with Crippen molar-refractivity contribution in [3.05, 3.63) is 11.1 Å². The summed E-state index contributed by atoms with van der Waals surface area (Å²) in [7, 11) is 0. The maximum atomic E-state index is 13.4. The summed E-state index contributed by atoms with van der Waals surface area (Å²) in [5.74, 6) is 2.70. The summed E-state index contributed by atoms with van der Waals surface area (Å²) in [5, 5.41) is 14.2. The molecule has 0 radical (unpaired) electrons. The SMILES string of the molecule is CC1=C2C[C@H]3[C@@H](CC(=O)[C@H]4C[C@@H](O)CC[C@@]43C)[C@]2(C)CC[C@]12O[C@@H]1C[C@H](C)CN[C@H]1[C@H]2C. The predicted molar refractivity (Wildman–Crippen MR) is 125 cm³/mol. The highest BCUT2D eigenvalue weighted by Gasteiger charge is 2.66. The van der Waals surface area contributed by atoms with Gasteiger partial charge in [-0.25, -0.2) is 0 Å². The standard InChI is InChI=1S/C28H43NO3/c1-15-10-24-25(29-14-15)17(3)28(32-24)9-8-27(5)19(16(28)2)12-20-21(27)13-23(31)22-11-18(30)6-7-26(20,22)4/h15,17-18,20-22,24-25,29-30H,6-14H2,1-5H3/t15-,17+,18-,20-,21+,22+,24+,25-,26+,27+,28-/m0/s1. The monoisotopic (exact) mass is 441 g/mol. The van der Waals surface area contributed by atoms with Crippen LogP contribution in [0.4, 0.5) is 0 Å². The second-order valence-electron chi connectivity index (χ2n) is 13.2. The Morgan fingerprint density at radius 2 is 1.84 bits per heavy atom. The number of piperidine rings is 1. The van der Waals surface area contributed by atoms with Crippen LogP contribution in [0.2, 0.25) is 0 Å². The van der Waals surface area contributed by atoms with E-state index >= 15 is 0 Å². The number of ketones is 1. The first kappa shape index (κ1) is 21.8. The number of hydrogen-bond acceptors (Lipinski definition) is 4. The fraction of sp³-hybridized carbons (Fsp3) is 0.893. The van der Waals surface area contributed by atoms with Crippen LogP contribution in [-0.2, 0) is 9.53 Å². The van der Waals surface area contributed by atoms with E-state index in [1.165, 1.54) is 12.0 Å². The van der Waals surface area contributed by atoms with Gasteiger partial charge in [0.05, 0.1) is 17.8 Å². The molecule has 4 aliphatic carbocycles. The van der Waals surface area contributed by atoms with E-state index in [0.29, 0.717) is 48.0 Å². The van der Waals surface area contributed by atoms with Crippen LogP contribution in [0.15, 0.2) is 11.1 Å². The van der Waals surface area contributed by atoms with Crippen LogP contribution < -0.4 is 5.32 Å². The van der Waals surface area contributed by atoms with Crippen LogP contribution in [0, 0.1) is 40.4 Å². The number of hydrogen-bond donors (Lipinski definition) is 2. The van der Waals surface area contributed by atoms with Gasteiger partial charge in [0.2, 0.25) is 0 Å². The summed E-state index contributed by atoms with van der Waals surface area (Å²) < 4.78 is 7.04. The average Bonchev–Trinajstić information content (AvgIpc) is 3.20. The molecule has 0 unspecified atom stereocenters. The summed E-state index contributed by atoms with van der Waals surface area (Å²) in [5.41, 5.74) is 3.21. The second kappa shape index (κ2) is 6.92. The molecule has 0 bridgehead atoms. The van der Waals surface area contributed by atoms with Crippen molar-refractivity contribution in [2.75, 3.05) is 6.54 Å². The van der Waals surface area contributed by atoms with Crippen molar-refractivity contribution in [2.45, 2.75) is 110 Å². The molecule has 11 atom stereocenters. The van der Waals surface area contributed by atoms with Gasteiger partial charge in [0, 0.05) is 24.3 Å². The lowest BCUT2D eigenvalue weighted by Gasteiger charge is -2.54. The Kier molecular flexibility index (Phi) is 4.71. The molecule has 3 saturated carbocycles. The predicted octanol–water partition coefficient (Wildman–Crippen LogP) is 4.65. The molecule has 2 aliphatic heterocycles. The van der Waals surface area contributed by atoms with Crippen molar-refractivity contribution < 1.29 is 14.6 Å². The Morgan fingerprint density at radius 3 is 2.62 bits per heavy atom. The van der Waals surface area contributed by atoms with E-state index in [2.05, 4.69) is 39.9 Å². The summed E-state index contributed by atoms with van der Waals surface area (Å²) >= 11 is 0. The molecular formula is C28H43NO3.